The van der Waals surface area contributed by atoms with Gasteiger partial charge in [-0.25, -0.2) is 4.68 Å². The molecule has 1 aromatic carbocycles. The Morgan fingerprint density at radius 3 is 2.30 bits per heavy atom. The van der Waals surface area contributed by atoms with E-state index in [1.807, 2.05) is 14.0 Å². The fourth-order valence-corrected chi connectivity index (χ4v) is 3.20. The number of nitrogens with zero attached hydrogens (tertiary/aromatic N) is 3. The summed E-state index contributed by atoms with van der Waals surface area (Å²) in [4.78, 5) is 14.2. The second kappa shape index (κ2) is 8.31. The summed E-state index contributed by atoms with van der Waals surface area (Å²) in [7, 11) is 1.84. The van der Waals surface area contributed by atoms with Crippen LogP contribution in [-0.2, 0) is 6.18 Å². The Labute approximate surface area is 161 Å². The molecule has 1 saturated heterocycles. The van der Waals surface area contributed by atoms with Crippen LogP contribution in [0.3, 0.4) is 0 Å². The normalized spacial score (nSPS) is 15.5. The molecule has 2 heterocycles. The second-order valence-electron chi connectivity index (χ2n) is 6.51. The van der Waals surface area contributed by atoms with E-state index < -0.39 is 23.3 Å². The number of alkyl halides is 3. The highest BCUT2D eigenvalue weighted by Crippen LogP contribution is 2.34. The maximum absolute atomic E-state index is 13.7. The zero-order chi connectivity index (χ0) is 18.9. The largest absolute Gasteiger partial charge is 0.434 e. The average Bonchev–Trinajstić information content (AvgIpc) is 3.07. The topological polar surface area (TPSA) is 50.2 Å². The van der Waals surface area contributed by atoms with Gasteiger partial charge in [0.25, 0.3) is 5.91 Å². The van der Waals surface area contributed by atoms with Gasteiger partial charge in [0.15, 0.2) is 5.69 Å². The number of hydrogen-bond donors (Lipinski definition) is 1. The number of carbonyl (C=O) groups is 1. The van der Waals surface area contributed by atoms with E-state index in [1.165, 1.54) is 4.90 Å². The molecule has 0 unspecified atom stereocenters. The summed E-state index contributed by atoms with van der Waals surface area (Å²) < 4.78 is 41.9. The predicted molar refractivity (Wildman–Crippen MR) is 98.5 cm³/mol. The molecule has 148 valence electrons. The second-order valence-corrected chi connectivity index (χ2v) is 6.51. The van der Waals surface area contributed by atoms with Crippen LogP contribution in [0.4, 0.5) is 13.2 Å². The third-order valence-electron chi connectivity index (χ3n) is 4.74. The molecule has 3 rings (SSSR count). The molecule has 1 aromatic heterocycles. The van der Waals surface area contributed by atoms with E-state index in [0.29, 0.717) is 13.1 Å². The molecule has 2 aromatic rings. The molecule has 1 aliphatic heterocycles. The molecule has 1 amide bonds. The van der Waals surface area contributed by atoms with Gasteiger partial charge in [-0.05, 0) is 38.9 Å². The maximum Gasteiger partial charge on any atom is 0.434 e. The number of carbonyl (C=O) groups excluding carboxylic acids is 1. The SMILES string of the molecule is CNC1CCN(C(=O)c2cnn(-c3ccc(C)cc3)c2C(F)(F)F)CC1.Cl. The molecule has 1 fully saturated rings. The zero-order valence-corrected chi connectivity index (χ0v) is 15.9. The lowest BCUT2D eigenvalue weighted by Crippen LogP contribution is -2.44. The first-order valence-corrected chi connectivity index (χ1v) is 8.50. The Hall–Kier alpha value is -2.06. The van der Waals surface area contributed by atoms with Crippen molar-refractivity contribution in [2.45, 2.75) is 32.0 Å². The van der Waals surface area contributed by atoms with Crippen LogP contribution in [0, 0.1) is 6.92 Å². The van der Waals surface area contributed by atoms with Crippen LogP contribution >= 0.6 is 12.4 Å². The molecule has 0 bridgehead atoms. The average molecular weight is 403 g/mol. The molecule has 0 spiro atoms. The Kier molecular flexibility index (Phi) is 6.54. The Morgan fingerprint density at radius 2 is 1.78 bits per heavy atom. The molecule has 0 saturated carbocycles. The van der Waals surface area contributed by atoms with Gasteiger partial charge < -0.3 is 10.2 Å². The van der Waals surface area contributed by atoms with Gasteiger partial charge in [-0.1, -0.05) is 17.7 Å². The number of rotatable bonds is 3. The molecule has 1 aliphatic rings. The van der Waals surface area contributed by atoms with E-state index in [9.17, 15) is 18.0 Å². The molecule has 27 heavy (non-hydrogen) atoms. The van der Waals surface area contributed by atoms with Crippen molar-refractivity contribution in [3.8, 4) is 5.69 Å². The minimum atomic E-state index is -4.68. The Bertz CT molecular complexity index is 781. The zero-order valence-electron chi connectivity index (χ0n) is 15.1. The van der Waals surface area contributed by atoms with Gasteiger partial charge in [0.1, 0.15) is 0 Å². The predicted octanol–water partition coefficient (Wildman–Crippen LogP) is 3.45. The third kappa shape index (κ3) is 4.44. The first-order valence-electron chi connectivity index (χ1n) is 8.50. The number of aryl methyl sites for hydroxylation is 1. The minimum absolute atomic E-state index is 0. The monoisotopic (exact) mass is 402 g/mol. The van der Waals surface area contributed by atoms with E-state index in [-0.39, 0.29) is 24.1 Å². The lowest BCUT2D eigenvalue weighted by molar-refractivity contribution is -0.143. The summed E-state index contributed by atoms with van der Waals surface area (Å²) in [5, 5.41) is 7.00. The van der Waals surface area contributed by atoms with Crippen LogP contribution in [0.25, 0.3) is 5.69 Å². The third-order valence-corrected chi connectivity index (χ3v) is 4.74. The number of aromatic nitrogens is 2. The van der Waals surface area contributed by atoms with Crippen LogP contribution in [0.5, 0.6) is 0 Å². The Balaban J connectivity index is 0.00000261. The number of benzene rings is 1. The van der Waals surface area contributed by atoms with Crippen LogP contribution in [-0.4, -0.2) is 46.8 Å². The van der Waals surface area contributed by atoms with Gasteiger partial charge in [-0.15, -0.1) is 12.4 Å². The van der Waals surface area contributed by atoms with Gasteiger partial charge in [0.2, 0.25) is 0 Å². The smallest absolute Gasteiger partial charge is 0.338 e. The maximum atomic E-state index is 13.7. The fourth-order valence-electron chi connectivity index (χ4n) is 3.20. The summed E-state index contributed by atoms with van der Waals surface area (Å²) in [5.41, 5.74) is -0.225. The van der Waals surface area contributed by atoms with Crippen LogP contribution in [0.1, 0.15) is 34.5 Å². The van der Waals surface area contributed by atoms with E-state index in [0.717, 1.165) is 29.3 Å². The molecule has 0 radical (unpaired) electrons. The van der Waals surface area contributed by atoms with E-state index >= 15 is 0 Å². The van der Waals surface area contributed by atoms with Crippen molar-refractivity contribution in [3.05, 3.63) is 47.3 Å². The van der Waals surface area contributed by atoms with Crippen molar-refractivity contribution in [1.82, 2.24) is 20.0 Å². The number of amides is 1. The van der Waals surface area contributed by atoms with Crippen molar-refractivity contribution in [3.63, 3.8) is 0 Å². The summed E-state index contributed by atoms with van der Waals surface area (Å²) in [6.45, 7) is 2.70. The highest BCUT2D eigenvalue weighted by atomic mass is 35.5. The molecule has 5 nitrogen and oxygen atoms in total. The number of hydrogen-bond acceptors (Lipinski definition) is 3. The molecule has 0 aliphatic carbocycles. The summed E-state index contributed by atoms with van der Waals surface area (Å²) >= 11 is 0. The van der Waals surface area contributed by atoms with Crippen molar-refractivity contribution in [2.75, 3.05) is 20.1 Å². The Morgan fingerprint density at radius 1 is 1.19 bits per heavy atom. The highest BCUT2D eigenvalue weighted by molar-refractivity contribution is 5.95. The van der Waals surface area contributed by atoms with Gasteiger partial charge >= 0.3 is 6.18 Å². The summed E-state index contributed by atoms with van der Waals surface area (Å²) in [6.07, 6.45) is -2.23. The quantitative estimate of drug-likeness (QED) is 0.855. The van der Waals surface area contributed by atoms with Crippen molar-refractivity contribution in [2.24, 2.45) is 0 Å². The standard InChI is InChI=1S/C18H21F3N4O.ClH/c1-12-3-5-14(6-4-12)25-16(18(19,20)21)15(11-23-25)17(26)24-9-7-13(22-2)8-10-24;/h3-6,11,13,22H,7-10H2,1-2H3;1H. The number of nitrogens with one attached hydrogen (secondary N) is 1. The summed E-state index contributed by atoms with van der Waals surface area (Å²) in [6, 6.07) is 6.83. The lowest BCUT2D eigenvalue weighted by Gasteiger charge is -2.31. The van der Waals surface area contributed by atoms with E-state index in [2.05, 4.69) is 10.4 Å². The number of halogens is 4. The number of likely N-dealkylation sites (tertiary alicyclic amines) is 1. The van der Waals surface area contributed by atoms with Gasteiger partial charge in [0, 0.05) is 19.1 Å². The van der Waals surface area contributed by atoms with E-state index in [1.54, 1.807) is 24.3 Å². The van der Waals surface area contributed by atoms with Gasteiger partial charge in [0.05, 0.1) is 17.4 Å². The first-order chi connectivity index (χ1) is 12.3. The van der Waals surface area contributed by atoms with E-state index in [4.69, 9.17) is 0 Å². The molecule has 0 atom stereocenters. The van der Waals surface area contributed by atoms with Crippen LogP contribution in [0.15, 0.2) is 30.5 Å². The summed E-state index contributed by atoms with van der Waals surface area (Å²) in [5.74, 6) is -0.620. The molecular weight excluding hydrogens is 381 g/mol. The lowest BCUT2D eigenvalue weighted by atomic mass is 10.0. The molecule has 1 N–H and O–H groups in total. The van der Waals surface area contributed by atoms with Crippen LogP contribution < -0.4 is 5.32 Å². The van der Waals surface area contributed by atoms with Gasteiger partial charge in [-0.3, -0.25) is 4.79 Å². The van der Waals surface area contributed by atoms with Crippen LogP contribution in [0.2, 0.25) is 0 Å². The van der Waals surface area contributed by atoms with Crippen molar-refractivity contribution in [1.29, 1.82) is 0 Å². The highest BCUT2D eigenvalue weighted by Gasteiger charge is 2.41. The first kappa shape index (κ1) is 21.2. The molecule has 9 heteroatoms. The van der Waals surface area contributed by atoms with Crippen molar-refractivity contribution >= 4 is 18.3 Å². The number of piperidine rings is 1. The van der Waals surface area contributed by atoms with Crippen molar-refractivity contribution < 1.29 is 18.0 Å². The van der Waals surface area contributed by atoms with Gasteiger partial charge in [-0.2, -0.15) is 18.3 Å². The fraction of sp³-hybridized carbons (Fsp3) is 0.444. The molecular formula is C18H22ClF3N4O. The minimum Gasteiger partial charge on any atom is -0.338 e.